The van der Waals surface area contributed by atoms with Crippen molar-refractivity contribution in [3.8, 4) is 12.1 Å². The summed E-state index contributed by atoms with van der Waals surface area (Å²) < 4.78 is 0. The van der Waals surface area contributed by atoms with E-state index >= 15 is 0 Å². The second kappa shape index (κ2) is 5.50. The second-order valence-electron chi connectivity index (χ2n) is 4.82. The number of aryl methyl sites for hydroxylation is 2. The van der Waals surface area contributed by atoms with Crippen LogP contribution < -0.4 is 0 Å². The molecule has 1 aliphatic carbocycles. The van der Waals surface area contributed by atoms with E-state index in [1.165, 1.54) is 5.56 Å². The third-order valence-corrected chi connectivity index (χ3v) is 3.34. The predicted molar refractivity (Wildman–Crippen MR) is 76.0 cm³/mol. The summed E-state index contributed by atoms with van der Waals surface area (Å²) in [5.41, 5.74) is 5.33. The first kappa shape index (κ1) is 13.7. The van der Waals surface area contributed by atoms with Crippen LogP contribution in [0, 0.1) is 36.5 Å². The molecule has 1 aromatic carbocycles. The summed E-state index contributed by atoms with van der Waals surface area (Å²) in [6.07, 6.45) is 0.389. The average molecular weight is 262 g/mol. The van der Waals surface area contributed by atoms with Crippen LogP contribution in [0.4, 0.5) is 5.69 Å². The number of hydrogen-bond acceptors (Lipinski definition) is 4. The van der Waals surface area contributed by atoms with Crippen molar-refractivity contribution in [2.45, 2.75) is 27.2 Å². The molecule has 0 fully saturated rings. The van der Waals surface area contributed by atoms with Gasteiger partial charge in [-0.25, -0.2) is 0 Å². The minimum atomic E-state index is 0.389. The van der Waals surface area contributed by atoms with E-state index in [4.69, 9.17) is 10.5 Å². The molecule has 0 aliphatic heterocycles. The maximum absolute atomic E-state index is 9.16. The van der Waals surface area contributed by atoms with Gasteiger partial charge in [0.2, 0.25) is 0 Å². The van der Waals surface area contributed by atoms with Crippen molar-refractivity contribution in [3.05, 3.63) is 51.7 Å². The Kier molecular flexibility index (Phi) is 3.77. The highest BCUT2D eigenvalue weighted by atomic mass is 15.1. The predicted octanol–water partition coefficient (Wildman–Crippen LogP) is 4.41. The zero-order valence-electron chi connectivity index (χ0n) is 11.7. The van der Waals surface area contributed by atoms with Crippen LogP contribution in [0.3, 0.4) is 0 Å². The summed E-state index contributed by atoms with van der Waals surface area (Å²) in [6.45, 7) is 5.77. The zero-order valence-corrected chi connectivity index (χ0v) is 11.7. The summed E-state index contributed by atoms with van der Waals surface area (Å²) in [6, 6.07) is 10.1. The average Bonchev–Trinajstić information content (AvgIpc) is 2.73. The number of nitriles is 2. The van der Waals surface area contributed by atoms with Gasteiger partial charge in [0.25, 0.3) is 0 Å². The van der Waals surface area contributed by atoms with Gasteiger partial charge < -0.3 is 0 Å². The van der Waals surface area contributed by atoms with E-state index in [0.29, 0.717) is 28.8 Å². The Hall–Kier alpha value is -2.72. The van der Waals surface area contributed by atoms with Crippen LogP contribution in [-0.2, 0) is 0 Å². The molecule has 0 saturated carbocycles. The highest BCUT2D eigenvalue weighted by Gasteiger charge is 2.21. The summed E-state index contributed by atoms with van der Waals surface area (Å²) in [5.74, 6) is 0. The molecule has 0 radical (unpaired) electrons. The zero-order chi connectivity index (χ0) is 14.7. The molecule has 2 rings (SSSR count). The van der Waals surface area contributed by atoms with E-state index in [0.717, 1.165) is 11.3 Å². The molecule has 0 spiro atoms. The summed E-state index contributed by atoms with van der Waals surface area (Å²) in [5, 5.41) is 26.6. The van der Waals surface area contributed by atoms with Gasteiger partial charge >= 0.3 is 0 Å². The Morgan fingerprint density at radius 2 is 1.80 bits per heavy atom. The summed E-state index contributed by atoms with van der Waals surface area (Å²) in [4.78, 5) is 0. The van der Waals surface area contributed by atoms with Crippen molar-refractivity contribution in [2.24, 2.45) is 10.2 Å². The lowest BCUT2D eigenvalue weighted by Crippen LogP contribution is -1.81. The first-order valence-electron chi connectivity index (χ1n) is 6.29. The number of benzene rings is 1. The monoisotopic (exact) mass is 262 g/mol. The van der Waals surface area contributed by atoms with Crippen LogP contribution in [0.1, 0.15) is 24.5 Å². The molecule has 98 valence electrons. The topological polar surface area (TPSA) is 72.3 Å². The van der Waals surface area contributed by atoms with Crippen molar-refractivity contribution in [1.29, 1.82) is 10.5 Å². The van der Waals surface area contributed by atoms with Crippen LogP contribution >= 0.6 is 0 Å². The number of nitrogens with zero attached hydrogens (tertiary/aromatic N) is 4. The lowest BCUT2D eigenvalue weighted by Gasteiger charge is -2.00. The number of allylic oxidation sites excluding steroid dienone is 3. The van der Waals surface area contributed by atoms with E-state index in [-0.39, 0.29) is 0 Å². The maximum Gasteiger partial charge on any atom is 0.101 e. The van der Waals surface area contributed by atoms with Crippen molar-refractivity contribution >= 4 is 5.69 Å². The Morgan fingerprint density at radius 1 is 1.05 bits per heavy atom. The summed E-state index contributed by atoms with van der Waals surface area (Å²) in [7, 11) is 0. The van der Waals surface area contributed by atoms with Crippen LogP contribution in [0.15, 0.2) is 50.8 Å². The van der Waals surface area contributed by atoms with Gasteiger partial charge in [0, 0.05) is 12.0 Å². The Balaban J connectivity index is 2.32. The van der Waals surface area contributed by atoms with Gasteiger partial charge in [0.05, 0.1) is 23.0 Å². The van der Waals surface area contributed by atoms with E-state index < -0.39 is 0 Å². The Labute approximate surface area is 118 Å². The normalized spacial score (nSPS) is 14.8. The lowest BCUT2D eigenvalue weighted by atomic mass is 10.1. The van der Waals surface area contributed by atoms with Gasteiger partial charge in [-0.15, -0.1) is 0 Å². The number of rotatable bonds is 2. The van der Waals surface area contributed by atoms with Crippen molar-refractivity contribution < 1.29 is 0 Å². The molecular formula is C16H14N4. The third kappa shape index (κ3) is 2.50. The molecule has 0 aromatic heterocycles. The summed E-state index contributed by atoms with van der Waals surface area (Å²) >= 11 is 0. The van der Waals surface area contributed by atoms with E-state index in [9.17, 15) is 0 Å². The van der Waals surface area contributed by atoms with Gasteiger partial charge in [-0.05, 0) is 38.0 Å². The molecule has 4 heteroatoms. The number of azo groups is 1. The maximum atomic E-state index is 9.16. The third-order valence-electron chi connectivity index (χ3n) is 3.34. The van der Waals surface area contributed by atoms with E-state index in [1.807, 2.05) is 32.0 Å². The second-order valence-corrected chi connectivity index (χ2v) is 4.82. The SMILES string of the molecule is CC1=C(C#N)CC(N=Nc2ccc(C)cc2C)=C1C#N. The van der Waals surface area contributed by atoms with E-state index in [2.05, 4.69) is 22.4 Å². The highest BCUT2D eigenvalue weighted by molar-refractivity contribution is 5.57. The highest BCUT2D eigenvalue weighted by Crippen LogP contribution is 2.33. The van der Waals surface area contributed by atoms with E-state index in [1.54, 1.807) is 6.92 Å². The standard InChI is InChI=1S/C16H14N4/c1-10-4-5-15(11(2)6-10)19-20-16-7-13(8-17)12(3)14(16)9-18/h4-6H,7H2,1-3H3. The van der Waals surface area contributed by atoms with Gasteiger partial charge in [-0.2, -0.15) is 20.8 Å². The van der Waals surface area contributed by atoms with Gasteiger partial charge in [-0.3, -0.25) is 0 Å². The number of hydrogen-bond donors (Lipinski definition) is 0. The van der Waals surface area contributed by atoms with Crippen LogP contribution in [-0.4, -0.2) is 0 Å². The molecule has 1 aromatic rings. The fraction of sp³-hybridized carbons (Fsp3) is 0.250. The van der Waals surface area contributed by atoms with Crippen LogP contribution in [0.25, 0.3) is 0 Å². The lowest BCUT2D eigenvalue weighted by molar-refractivity contribution is 1.05. The van der Waals surface area contributed by atoms with Crippen molar-refractivity contribution in [2.75, 3.05) is 0 Å². The van der Waals surface area contributed by atoms with Crippen LogP contribution in [0.2, 0.25) is 0 Å². The minimum Gasteiger partial charge on any atom is -0.193 e. The molecule has 0 bridgehead atoms. The molecule has 0 heterocycles. The van der Waals surface area contributed by atoms with Gasteiger partial charge in [0.15, 0.2) is 0 Å². The molecule has 0 saturated heterocycles. The first-order chi connectivity index (χ1) is 9.56. The molecule has 0 unspecified atom stereocenters. The molecule has 20 heavy (non-hydrogen) atoms. The van der Waals surface area contributed by atoms with Crippen molar-refractivity contribution in [3.63, 3.8) is 0 Å². The quantitative estimate of drug-likeness (QED) is 0.740. The minimum absolute atomic E-state index is 0.389. The van der Waals surface area contributed by atoms with Gasteiger partial charge in [0.1, 0.15) is 6.07 Å². The smallest absolute Gasteiger partial charge is 0.101 e. The molecular weight excluding hydrogens is 248 g/mol. The fourth-order valence-electron chi connectivity index (χ4n) is 2.14. The molecule has 1 aliphatic rings. The van der Waals surface area contributed by atoms with Crippen LogP contribution in [0.5, 0.6) is 0 Å². The molecule has 4 nitrogen and oxygen atoms in total. The Morgan fingerprint density at radius 3 is 2.40 bits per heavy atom. The fourth-order valence-corrected chi connectivity index (χ4v) is 2.14. The Bertz CT molecular complexity index is 737. The van der Waals surface area contributed by atoms with Crippen molar-refractivity contribution in [1.82, 2.24) is 0 Å². The molecule has 0 amide bonds. The first-order valence-corrected chi connectivity index (χ1v) is 6.29. The van der Waals surface area contributed by atoms with Gasteiger partial charge in [-0.1, -0.05) is 17.7 Å². The molecule has 0 atom stereocenters. The molecule has 0 N–H and O–H groups in total. The largest absolute Gasteiger partial charge is 0.193 e.